The normalized spacial score (nSPS) is 33.3. The topological polar surface area (TPSA) is 43.8 Å². The lowest BCUT2D eigenvalue weighted by molar-refractivity contribution is -0.139. The number of carbonyl (C=O) groups excluding carboxylic acids is 1. The molecule has 2 heterocycles. The molecule has 2 aliphatic heterocycles. The van der Waals surface area contributed by atoms with E-state index in [9.17, 15) is 9.90 Å². The number of rotatable bonds is 2. The molecule has 1 amide bonds. The molecule has 1 aromatic rings. The lowest BCUT2D eigenvalue weighted by Gasteiger charge is -2.41. The predicted molar refractivity (Wildman–Crippen MR) is 99.9 cm³/mol. The summed E-state index contributed by atoms with van der Waals surface area (Å²) in [7, 11) is 0. The summed E-state index contributed by atoms with van der Waals surface area (Å²) in [5, 5.41) is 10.5. The van der Waals surface area contributed by atoms with Crippen LogP contribution in [0.1, 0.15) is 44.9 Å². The van der Waals surface area contributed by atoms with Gasteiger partial charge in [0.2, 0.25) is 5.91 Å². The molecule has 1 atom stereocenters. The van der Waals surface area contributed by atoms with E-state index in [1.165, 1.54) is 0 Å². The summed E-state index contributed by atoms with van der Waals surface area (Å²) in [5.41, 5.74) is 0.809. The summed E-state index contributed by atoms with van der Waals surface area (Å²) in [6, 6.07) is 8.27. The fourth-order valence-corrected chi connectivity index (χ4v) is 5.25. The van der Waals surface area contributed by atoms with Crippen molar-refractivity contribution in [1.29, 1.82) is 0 Å². The van der Waals surface area contributed by atoms with Gasteiger partial charge in [0.1, 0.15) is 0 Å². The molecule has 25 heavy (non-hydrogen) atoms. The van der Waals surface area contributed by atoms with Gasteiger partial charge in [-0.2, -0.15) is 0 Å². The van der Waals surface area contributed by atoms with Crippen LogP contribution in [0.4, 0.5) is 5.69 Å². The molecule has 1 aliphatic carbocycles. The van der Waals surface area contributed by atoms with Gasteiger partial charge in [-0.15, -0.1) is 0 Å². The molecule has 2 saturated heterocycles. The minimum Gasteiger partial charge on any atom is -0.393 e. The Balaban J connectivity index is 1.50. The van der Waals surface area contributed by atoms with E-state index in [1.807, 2.05) is 18.2 Å². The number of anilines is 1. The first-order valence-corrected chi connectivity index (χ1v) is 9.95. The quantitative estimate of drug-likeness (QED) is 0.876. The maximum absolute atomic E-state index is 13.3. The highest BCUT2D eigenvalue weighted by atomic mass is 35.5. The van der Waals surface area contributed by atoms with Crippen molar-refractivity contribution in [2.24, 2.45) is 5.41 Å². The Morgan fingerprint density at radius 2 is 1.84 bits per heavy atom. The van der Waals surface area contributed by atoms with Crippen LogP contribution in [-0.2, 0) is 4.79 Å². The Labute approximate surface area is 154 Å². The first-order chi connectivity index (χ1) is 12.1. The second-order valence-electron chi connectivity index (χ2n) is 7.97. The lowest BCUT2D eigenvalue weighted by atomic mass is 9.78. The zero-order chi connectivity index (χ0) is 17.4. The molecule has 0 radical (unpaired) electrons. The van der Waals surface area contributed by atoms with Crippen molar-refractivity contribution in [2.75, 3.05) is 24.5 Å². The number of hydrogen-bond donors (Lipinski definition) is 1. The van der Waals surface area contributed by atoms with Crippen LogP contribution >= 0.6 is 11.6 Å². The minimum atomic E-state index is -0.243. The van der Waals surface area contributed by atoms with Crippen molar-refractivity contribution in [2.45, 2.75) is 57.1 Å². The van der Waals surface area contributed by atoms with E-state index in [-0.39, 0.29) is 11.5 Å². The highest BCUT2D eigenvalue weighted by Gasteiger charge is 2.50. The average molecular weight is 363 g/mol. The molecule has 4 nitrogen and oxygen atoms in total. The number of benzene rings is 1. The van der Waals surface area contributed by atoms with Gasteiger partial charge >= 0.3 is 0 Å². The molecule has 3 fully saturated rings. The van der Waals surface area contributed by atoms with E-state index in [4.69, 9.17) is 11.6 Å². The maximum Gasteiger partial charge on any atom is 0.230 e. The van der Waals surface area contributed by atoms with Gasteiger partial charge in [-0.3, -0.25) is 4.79 Å². The number of amides is 1. The number of halogens is 1. The van der Waals surface area contributed by atoms with Crippen molar-refractivity contribution in [1.82, 2.24) is 4.90 Å². The number of aliphatic hydroxyl groups is 1. The number of piperidine rings is 1. The smallest absolute Gasteiger partial charge is 0.230 e. The number of para-hydroxylation sites is 1. The SMILES string of the molecule is O=C1N(C2CCC(O)CC2)CC[C@]12CCCN(c1ccccc1Cl)C2. The molecule has 136 valence electrons. The summed E-state index contributed by atoms with van der Waals surface area (Å²) < 4.78 is 0. The van der Waals surface area contributed by atoms with Crippen LogP contribution in [0.5, 0.6) is 0 Å². The highest BCUT2D eigenvalue weighted by molar-refractivity contribution is 6.33. The zero-order valence-corrected chi connectivity index (χ0v) is 15.4. The van der Waals surface area contributed by atoms with Crippen molar-refractivity contribution in [3.63, 3.8) is 0 Å². The Morgan fingerprint density at radius 3 is 2.60 bits per heavy atom. The van der Waals surface area contributed by atoms with E-state index in [0.29, 0.717) is 11.9 Å². The fraction of sp³-hybridized carbons (Fsp3) is 0.650. The van der Waals surface area contributed by atoms with Crippen LogP contribution in [0.2, 0.25) is 5.02 Å². The van der Waals surface area contributed by atoms with Crippen molar-refractivity contribution < 1.29 is 9.90 Å². The van der Waals surface area contributed by atoms with Crippen molar-refractivity contribution >= 4 is 23.2 Å². The van der Waals surface area contributed by atoms with Gasteiger partial charge in [0.15, 0.2) is 0 Å². The van der Waals surface area contributed by atoms with E-state index in [0.717, 1.165) is 75.3 Å². The Kier molecular flexibility index (Phi) is 4.67. The summed E-state index contributed by atoms with van der Waals surface area (Å²) in [4.78, 5) is 17.8. The monoisotopic (exact) mass is 362 g/mol. The Morgan fingerprint density at radius 1 is 1.08 bits per heavy atom. The Hall–Kier alpha value is -1.26. The molecule has 3 aliphatic rings. The number of likely N-dealkylation sites (tertiary alicyclic amines) is 1. The summed E-state index contributed by atoms with van der Waals surface area (Å²) in [5.74, 6) is 0.339. The minimum absolute atomic E-state index is 0.173. The molecular formula is C20H27ClN2O2. The first kappa shape index (κ1) is 17.2. The molecule has 1 aromatic carbocycles. The third-order valence-corrected chi connectivity index (χ3v) is 6.74. The Bertz CT molecular complexity index is 644. The van der Waals surface area contributed by atoms with Crippen LogP contribution in [0, 0.1) is 5.41 Å². The van der Waals surface area contributed by atoms with Gasteiger partial charge in [0.25, 0.3) is 0 Å². The maximum atomic E-state index is 13.3. The van der Waals surface area contributed by atoms with E-state index in [2.05, 4.69) is 15.9 Å². The third kappa shape index (κ3) is 3.15. The van der Waals surface area contributed by atoms with Gasteiger partial charge in [0, 0.05) is 25.7 Å². The fourth-order valence-electron chi connectivity index (χ4n) is 4.99. The number of aliphatic hydroxyl groups excluding tert-OH is 1. The van der Waals surface area contributed by atoms with E-state index < -0.39 is 0 Å². The number of nitrogens with zero attached hydrogens (tertiary/aromatic N) is 2. The standard InChI is InChI=1S/C20H27ClN2O2/c21-17-4-1-2-5-18(17)22-12-3-10-20(14-22)11-13-23(19(20)25)15-6-8-16(24)9-7-15/h1-2,4-5,15-16,24H,3,6-14H2/t15?,16?,20-/m0/s1. The number of hydrogen-bond acceptors (Lipinski definition) is 3. The predicted octanol–water partition coefficient (Wildman–Crippen LogP) is 3.46. The number of carbonyl (C=O) groups is 1. The van der Waals surface area contributed by atoms with Gasteiger partial charge in [0.05, 0.1) is 22.2 Å². The molecule has 0 bridgehead atoms. The molecular weight excluding hydrogens is 336 g/mol. The average Bonchev–Trinajstić information content (AvgIpc) is 2.92. The van der Waals surface area contributed by atoms with Gasteiger partial charge < -0.3 is 14.9 Å². The second-order valence-corrected chi connectivity index (χ2v) is 8.37. The van der Waals surface area contributed by atoms with E-state index in [1.54, 1.807) is 0 Å². The molecule has 1 N–H and O–H groups in total. The molecule has 1 spiro atoms. The van der Waals surface area contributed by atoms with Gasteiger partial charge in [-0.1, -0.05) is 23.7 Å². The third-order valence-electron chi connectivity index (χ3n) is 6.42. The second kappa shape index (κ2) is 6.81. The van der Waals surface area contributed by atoms with Crippen molar-refractivity contribution in [3.8, 4) is 0 Å². The molecule has 0 aromatic heterocycles. The first-order valence-electron chi connectivity index (χ1n) is 9.58. The molecule has 5 heteroatoms. The highest BCUT2D eigenvalue weighted by Crippen LogP contribution is 2.44. The zero-order valence-electron chi connectivity index (χ0n) is 14.7. The van der Waals surface area contributed by atoms with Crippen LogP contribution < -0.4 is 4.90 Å². The summed E-state index contributed by atoms with van der Waals surface area (Å²) in [6.07, 6.45) is 6.33. The van der Waals surface area contributed by atoms with E-state index >= 15 is 0 Å². The van der Waals surface area contributed by atoms with Gasteiger partial charge in [-0.25, -0.2) is 0 Å². The molecule has 0 unspecified atom stereocenters. The van der Waals surface area contributed by atoms with Crippen molar-refractivity contribution in [3.05, 3.63) is 29.3 Å². The van der Waals surface area contributed by atoms with Crippen LogP contribution in [-0.4, -0.2) is 47.7 Å². The molecule has 4 rings (SSSR count). The van der Waals surface area contributed by atoms with Crippen LogP contribution in [0.15, 0.2) is 24.3 Å². The largest absolute Gasteiger partial charge is 0.393 e. The van der Waals surface area contributed by atoms with Crippen LogP contribution in [0.3, 0.4) is 0 Å². The van der Waals surface area contributed by atoms with Crippen LogP contribution in [0.25, 0.3) is 0 Å². The summed E-state index contributed by atoms with van der Waals surface area (Å²) in [6.45, 7) is 2.62. The molecule has 1 saturated carbocycles. The van der Waals surface area contributed by atoms with Gasteiger partial charge in [-0.05, 0) is 57.1 Å². The summed E-state index contributed by atoms with van der Waals surface area (Å²) >= 11 is 6.39. The lowest BCUT2D eigenvalue weighted by Crippen LogP contribution is -2.50.